The highest BCUT2D eigenvalue weighted by molar-refractivity contribution is 9.10. The van der Waals surface area contributed by atoms with Crippen LogP contribution in [0.2, 0.25) is 0 Å². The van der Waals surface area contributed by atoms with E-state index in [1.807, 2.05) is 0 Å². The Morgan fingerprint density at radius 2 is 1.95 bits per heavy atom. The van der Waals surface area contributed by atoms with Crippen molar-refractivity contribution in [1.29, 1.82) is 0 Å². The quantitative estimate of drug-likeness (QED) is 0.841. The first kappa shape index (κ1) is 14.9. The van der Waals surface area contributed by atoms with Gasteiger partial charge in [-0.15, -0.1) is 0 Å². The topological polar surface area (TPSA) is 35.2 Å². The number of hydrogen-bond donors (Lipinski definition) is 1. The van der Waals surface area contributed by atoms with Crippen LogP contribution in [0.4, 0.5) is 8.78 Å². The summed E-state index contributed by atoms with van der Waals surface area (Å²) in [6.45, 7) is 0.151. The maximum Gasteiger partial charge on any atom is 0.136 e. The fraction of sp³-hybridized carbons (Fsp3) is 0.0714. The van der Waals surface area contributed by atoms with Crippen LogP contribution in [0.25, 0.3) is 0 Å². The third-order valence-corrected chi connectivity index (χ3v) is 3.46. The van der Waals surface area contributed by atoms with Gasteiger partial charge in [0.05, 0.1) is 4.47 Å². The van der Waals surface area contributed by atoms with E-state index in [1.165, 1.54) is 24.3 Å². The molecule has 0 aliphatic rings. The van der Waals surface area contributed by atoms with E-state index in [-0.39, 0.29) is 17.2 Å². The van der Waals surface area contributed by atoms with Crippen molar-refractivity contribution in [3.8, 4) is 5.75 Å². The molecular weight excluding hydrogens is 348 g/mol. The van der Waals surface area contributed by atoms with Gasteiger partial charge in [-0.2, -0.15) is 0 Å². The lowest BCUT2D eigenvalue weighted by Crippen LogP contribution is -2.12. The molecule has 2 N–H and O–H groups in total. The van der Waals surface area contributed by atoms with Crippen molar-refractivity contribution in [3.63, 3.8) is 0 Å². The minimum atomic E-state index is -0.479. The van der Waals surface area contributed by atoms with E-state index < -0.39 is 11.6 Å². The predicted octanol–water partition coefficient (Wildman–Crippen LogP) is 3.94. The van der Waals surface area contributed by atoms with Gasteiger partial charge in [-0.25, -0.2) is 8.78 Å². The molecule has 0 radical (unpaired) electrons. The lowest BCUT2D eigenvalue weighted by molar-refractivity contribution is 0.302. The summed E-state index contributed by atoms with van der Waals surface area (Å²) in [5.74, 6) is -0.509. The number of nitrogens with two attached hydrogens (primary N) is 1. The second kappa shape index (κ2) is 6.28. The third-order valence-electron chi connectivity index (χ3n) is 2.58. The minimum Gasteiger partial charge on any atom is -0.488 e. The maximum absolute atomic E-state index is 13.4. The fourth-order valence-electron chi connectivity index (χ4n) is 1.60. The summed E-state index contributed by atoms with van der Waals surface area (Å²) in [5.41, 5.74) is 6.28. The van der Waals surface area contributed by atoms with Crippen LogP contribution in [0.1, 0.15) is 11.1 Å². The summed E-state index contributed by atoms with van der Waals surface area (Å²) in [5, 5.41) is 0. The first-order valence-electron chi connectivity index (χ1n) is 5.63. The SMILES string of the molecule is NC(=S)c1cc(COc2cc(F)ccc2Br)ccc1F. The lowest BCUT2D eigenvalue weighted by Gasteiger charge is -2.10. The van der Waals surface area contributed by atoms with E-state index in [0.717, 1.165) is 0 Å². The molecule has 0 bridgehead atoms. The van der Waals surface area contributed by atoms with Crippen LogP contribution in [-0.4, -0.2) is 4.99 Å². The largest absolute Gasteiger partial charge is 0.488 e. The smallest absolute Gasteiger partial charge is 0.136 e. The Labute approximate surface area is 128 Å². The molecule has 6 heteroatoms. The van der Waals surface area contributed by atoms with Crippen molar-refractivity contribution in [3.05, 3.63) is 63.6 Å². The number of benzene rings is 2. The van der Waals surface area contributed by atoms with Gasteiger partial charge in [-0.1, -0.05) is 18.3 Å². The average molecular weight is 358 g/mol. The van der Waals surface area contributed by atoms with Crippen molar-refractivity contribution in [2.75, 3.05) is 0 Å². The first-order chi connectivity index (χ1) is 9.47. The Balaban J connectivity index is 2.17. The minimum absolute atomic E-state index is 0.0173. The monoisotopic (exact) mass is 357 g/mol. The van der Waals surface area contributed by atoms with E-state index in [4.69, 9.17) is 22.7 Å². The van der Waals surface area contributed by atoms with Crippen LogP contribution in [0.3, 0.4) is 0 Å². The van der Waals surface area contributed by atoms with Gasteiger partial charge >= 0.3 is 0 Å². The highest BCUT2D eigenvalue weighted by atomic mass is 79.9. The van der Waals surface area contributed by atoms with Gasteiger partial charge in [0.1, 0.15) is 29.0 Å². The highest BCUT2D eigenvalue weighted by Gasteiger charge is 2.08. The van der Waals surface area contributed by atoms with Crippen LogP contribution in [0.15, 0.2) is 40.9 Å². The van der Waals surface area contributed by atoms with Crippen molar-refractivity contribution in [2.24, 2.45) is 5.73 Å². The molecule has 2 nitrogen and oxygen atoms in total. The van der Waals surface area contributed by atoms with Gasteiger partial charge in [-0.05, 0) is 45.8 Å². The highest BCUT2D eigenvalue weighted by Crippen LogP contribution is 2.26. The normalized spacial score (nSPS) is 10.3. The van der Waals surface area contributed by atoms with E-state index in [1.54, 1.807) is 12.1 Å². The number of thiocarbonyl (C=S) groups is 1. The van der Waals surface area contributed by atoms with Crippen molar-refractivity contribution in [2.45, 2.75) is 6.61 Å². The summed E-state index contributed by atoms with van der Waals surface area (Å²) in [6.07, 6.45) is 0. The van der Waals surface area contributed by atoms with Crippen molar-refractivity contribution >= 4 is 33.1 Å². The third kappa shape index (κ3) is 3.52. The molecule has 0 spiro atoms. The van der Waals surface area contributed by atoms with E-state index in [2.05, 4.69) is 15.9 Å². The van der Waals surface area contributed by atoms with Gasteiger partial charge in [-0.3, -0.25) is 0 Å². The number of rotatable bonds is 4. The van der Waals surface area contributed by atoms with Gasteiger partial charge in [0.2, 0.25) is 0 Å². The van der Waals surface area contributed by atoms with Gasteiger partial charge in [0.15, 0.2) is 0 Å². The van der Waals surface area contributed by atoms with Crippen molar-refractivity contribution < 1.29 is 13.5 Å². The summed E-state index contributed by atoms with van der Waals surface area (Å²) in [6, 6.07) is 8.49. The zero-order valence-corrected chi connectivity index (χ0v) is 12.6. The van der Waals surface area contributed by atoms with Crippen molar-refractivity contribution in [1.82, 2.24) is 0 Å². The molecule has 0 atom stereocenters. The summed E-state index contributed by atoms with van der Waals surface area (Å²) < 4.78 is 32.7. The number of ether oxygens (including phenoxy) is 1. The fourth-order valence-corrected chi connectivity index (χ4v) is 2.12. The molecule has 0 fully saturated rings. The van der Waals surface area contributed by atoms with Crippen LogP contribution in [-0.2, 0) is 6.61 Å². The molecular formula is C14H10BrF2NOS. The van der Waals surface area contributed by atoms with E-state index in [0.29, 0.717) is 15.8 Å². The Morgan fingerprint density at radius 1 is 1.20 bits per heavy atom. The number of hydrogen-bond acceptors (Lipinski definition) is 2. The Kier molecular flexibility index (Phi) is 4.67. The predicted molar refractivity (Wildman–Crippen MR) is 80.7 cm³/mol. The molecule has 0 aliphatic heterocycles. The molecule has 0 aromatic heterocycles. The Hall–Kier alpha value is -1.53. The van der Waals surface area contributed by atoms with E-state index in [9.17, 15) is 8.78 Å². The van der Waals surface area contributed by atoms with Gasteiger partial charge in [0, 0.05) is 11.6 Å². The molecule has 2 aromatic carbocycles. The second-order valence-corrected chi connectivity index (χ2v) is 5.34. The molecule has 0 saturated carbocycles. The molecule has 2 rings (SSSR count). The summed E-state index contributed by atoms with van der Waals surface area (Å²) in [7, 11) is 0. The van der Waals surface area contributed by atoms with Crippen LogP contribution >= 0.6 is 28.1 Å². The summed E-state index contributed by atoms with van der Waals surface area (Å²) in [4.78, 5) is -0.0173. The zero-order valence-electron chi connectivity index (χ0n) is 10.2. The molecule has 0 aliphatic carbocycles. The van der Waals surface area contributed by atoms with Crippen LogP contribution < -0.4 is 10.5 Å². The van der Waals surface area contributed by atoms with Gasteiger partial charge in [0.25, 0.3) is 0 Å². The van der Waals surface area contributed by atoms with Gasteiger partial charge < -0.3 is 10.5 Å². The maximum atomic E-state index is 13.4. The van der Waals surface area contributed by atoms with Crippen LogP contribution in [0, 0.1) is 11.6 Å². The first-order valence-corrected chi connectivity index (χ1v) is 6.83. The Bertz CT molecular complexity index is 664. The standard InChI is InChI=1S/C14H10BrF2NOS/c15-11-3-2-9(16)6-13(11)19-7-8-1-4-12(17)10(5-8)14(18)20/h1-6H,7H2,(H2,18,20). The lowest BCUT2D eigenvalue weighted by atomic mass is 10.1. The molecule has 0 amide bonds. The molecule has 2 aromatic rings. The van der Waals surface area contributed by atoms with Crippen LogP contribution in [0.5, 0.6) is 5.75 Å². The van der Waals surface area contributed by atoms with E-state index >= 15 is 0 Å². The number of halogens is 3. The zero-order chi connectivity index (χ0) is 14.7. The molecule has 0 saturated heterocycles. The second-order valence-electron chi connectivity index (χ2n) is 4.04. The molecule has 0 heterocycles. The Morgan fingerprint density at radius 3 is 2.65 bits per heavy atom. The molecule has 104 valence electrons. The molecule has 0 unspecified atom stereocenters. The molecule has 20 heavy (non-hydrogen) atoms. The average Bonchev–Trinajstić information content (AvgIpc) is 2.41. The summed E-state index contributed by atoms with van der Waals surface area (Å²) >= 11 is 8.03.